The smallest absolute Gasteiger partial charge is 0.229 e. The van der Waals surface area contributed by atoms with Gasteiger partial charge in [0.15, 0.2) is 5.15 Å². The highest BCUT2D eigenvalue weighted by Crippen LogP contribution is 2.30. The van der Waals surface area contributed by atoms with Crippen LogP contribution in [0, 0.1) is 0 Å². The van der Waals surface area contributed by atoms with Crippen molar-refractivity contribution in [2.75, 3.05) is 16.7 Å². The first-order valence-electron chi connectivity index (χ1n) is 5.35. The number of nitrogens with two attached hydrogens (primary N) is 1. The summed E-state index contributed by atoms with van der Waals surface area (Å²) < 4.78 is 24.6. The average Bonchev–Trinajstić information content (AvgIpc) is 2.32. The van der Waals surface area contributed by atoms with Crippen LogP contribution < -0.4 is 10.5 Å². The van der Waals surface area contributed by atoms with Crippen LogP contribution in [0.2, 0.25) is 5.15 Å². The fraction of sp³-hybridized carbons (Fsp3) is 0.0833. The lowest BCUT2D eigenvalue weighted by Gasteiger charge is -2.08. The van der Waals surface area contributed by atoms with Crippen molar-refractivity contribution in [1.29, 1.82) is 0 Å². The molecule has 7 heteroatoms. The zero-order chi connectivity index (χ0) is 14.0. The summed E-state index contributed by atoms with van der Waals surface area (Å²) in [6.07, 6.45) is 2.66. The number of anilines is 2. The Bertz CT molecular complexity index is 699. The van der Waals surface area contributed by atoms with Gasteiger partial charge in [-0.2, -0.15) is 0 Å². The van der Waals surface area contributed by atoms with E-state index in [4.69, 9.17) is 17.3 Å². The van der Waals surface area contributed by atoms with Gasteiger partial charge in [-0.1, -0.05) is 23.7 Å². The van der Waals surface area contributed by atoms with Gasteiger partial charge in [0.05, 0.1) is 11.9 Å². The second-order valence-electron chi connectivity index (χ2n) is 4.01. The molecule has 1 aromatic heterocycles. The summed E-state index contributed by atoms with van der Waals surface area (Å²) in [5.41, 5.74) is 8.33. The average molecular weight is 298 g/mol. The van der Waals surface area contributed by atoms with E-state index in [9.17, 15) is 8.42 Å². The molecule has 0 aliphatic rings. The van der Waals surface area contributed by atoms with E-state index in [1.54, 1.807) is 36.5 Å². The van der Waals surface area contributed by atoms with Crippen LogP contribution in [-0.2, 0) is 10.0 Å². The number of nitrogens with zero attached hydrogens (tertiary/aromatic N) is 1. The number of hydrogen-bond donors (Lipinski definition) is 2. The van der Waals surface area contributed by atoms with Crippen molar-refractivity contribution in [2.45, 2.75) is 0 Å². The summed E-state index contributed by atoms with van der Waals surface area (Å²) in [5, 5.41) is 0.246. The minimum Gasteiger partial charge on any atom is -0.396 e. The molecule has 0 aliphatic carbocycles. The number of halogens is 1. The molecule has 1 heterocycles. The Morgan fingerprint density at radius 3 is 2.42 bits per heavy atom. The number of benzene rings is 1. The van der Waals surface area contributed by atoms with E-state index < -0.39 is 10.0 Å². The van der Waals surface area contributed by atoms with Crippen molar-refractivity contribution in [2.24, 2.45) is 0 Å². The number of aromatic nitrogens is 1. The van der Waals surface area contributed by atoms with E-state index in [1.807, 2.05) is 0 Å². The third-order valence-electron chi connectivity index (χ3n) is 2.44. The molecular weight excluding hydrogens is 286 g/mol. The molecule has 2 aromatic rings. The summed E-state index contributed by atoms with van der Waals surface area (Å²) >= 11 is 5.85. The van der Waals surface area contributed by atoms with Gasteiger partial charge in [-0.3, -0.25) is 4.72 Å². The van der Waals surface area contributed by atoms with Gasteiger partial charge in [-0.05, 0) is 23.8 Å². The SMILES string of the molecule is CS(=O)(=O)Nc1ccc(-c2ccnc(Cl)c2N)cc1. The number of pyridine rings is 1. The number of sulfonamides is 1. The predicted octanol–water partition coefficient (Wildman–Crippen LogP) is 2.36. The third-order valence-corrected chi connectivity index (χ3v) is 3.35. The maximum absolute atomic E-state index is 11.1. The lowest BCUT2D eigenvalue weighted by molar-refractivity contribution is 0.607. The van der Waals surface area contributed by atoms with Crippen LogP contribution in [0.15, 0.2) is 36.5 Å². The largest absolute Gasteiger partial charge is 0.396 e. The summed E-state index contributed by atoms with van der Waals surface area (Å²) in [5.74, 6) is 0. The number of nitrogens with one attached hydrogen (secondary N) is 1. The first-order chi connectivity index (χ1) is 8.87. The van der Waals surface area contributed by atoms with E-state index in [2.05, 4.69) is 9.71 Å². The van der Waals surface area contributed by atoms with Gasteiger partial charge < -0.3 is 5.73 Å². The Morgan fingerprint density at radius 2 is 1.84 bits per heavy atom. The maximum atomic E-state index is 11.1. The molecule has 0 aliphatic heterocycles. The molecule has 100 valence electrons. The first-order valence-corrected chi connectivity index (χ1v) is 7.62. The van der Waals surface area contributed by atoms with E-state index in [0.717, 1.165) is 17.4 Å². The minimum absolute atomic E-state index is 0.246. The van der Waals surface area contributed by atoms with E-state index in [1.165, 1.54) is 0 Å². The fourth-order valence-electron chi connectivity index (χ4n) is 1.63. The monoisotopic (exact) mass is 297 g/mol. The highest BCUT2D eigenvalue weighted by molar-refractivity contribution is 7.92. The molecule has 5 nitrogen and oxygen atoms in total. The van der Waals surface area contributed by atoms with Crippen molar-refractivity contribution in [3.8, 4) is 11.1 Å². The van der Waals surface area contributed by atoms with Crippen LogP contribution in [0.4, 0.5) is 11.4 Å². The first kappa shape index (κ1) is 13.6. The van der Waals surface area contributed by atoms with Gasteiger partial charge in [-0.25, -0.2) is 13.4 Å². The standard InChI is InChI=1S/C12H12ClN3O2S/c1-19(17,18)16-9-4-2-8(3-5-9)10-6-7-15-12(13)11(10)14/h2-7,16H,14H2,1H3. The molecule has 19 heavy (non-hydrogen) atoms. The molecule has 2 rings (SSSR count). The Labute approximate surface area is 116 Å². The highest BCUT2D eigenvalue weighted by atomic mass is 35.5. The van der Waals surface area contributed by atoms with Gasteiger partial charge in [0.25, 0.3) is 0 Å². The van der Waals surface area contributed by atoms with Crippen molar-refractivity contribution in [3.05, 3.63) is 41.7 Å². The fourth-order valence-corrected chi connectivity index (χ4v) is 2.35. The van der Waals surface area contributed by atoms with Crippen molar-refractivity contribution >= 4 is 33.0 Å². The van der Waals surface area contributed by atoms with Crippen molar-refractivity contribution in [1.82, 2.24) is 4.98 Å². The number of nitrogen functional groups attached to an aromatic ring is 1. The molecule has 3 N–H and O–H groups in total. The molecule has 0 saturated heterocycles. The zero-order valence-electron chi connectivity index (χ0n) is 10.1. The molecule has 0 bridgehead atoms. The van der Waals surface area contributed by atoms with Gasteiger partial charge in [-0.15, -0.1) is 0 Å². The molecular formula is C12H12ClN3O2S. The molecule has 0 fully saturated rings. The molecule has 0 unspecified atom stereocenters. The number of rotatable bonds is 3. The number of hydrogen-bond acceptors (Lipinski definition) is 4. The molecule has 0 amide bonds. The third kappa shape index (κ3) is 3.36. The molecule has 0 atom stereocenters. The molecule has 1 aromatic carbocycles. The predicted molar refractivity (Wildman–Crippen MR) is 77.6 cm³/mol. The van der Waals surface area contributed by atoms with Crippen LogP contribution in [0.5, 0.6) is 0 Å². The van der Waals surface area contributed by atoms with E-state index >= 15 is 0 Å². The summed E-state index contributed by atoms with van der Waals surface area (Å²) in [6.45, 7) is 0. The molecule has 0 spiro atoms. The Kier molecular flexibility index (Phi) is 3.64. The Balaban J connectivity index is 2.35. The van der Waals surface area contributed by atoms with E-state index in [0.29, 0.717) is 11.4 Å². The zero-order valence-corrected chi connectivity index (χ0v) is 11.7. The van der Waals surface area contributed by atoms with Gasteiger partial charge >= 0.3 is 0 Å². The van der Waals surface area contributed by atoms with Crippen molar-refractivity contribution in [3.63, 3.8) is 0 Å². The Morgan fingerprint density at radius 1 is 1.21 bits per heavy atom. The second kappa shape index (κ2) is 5.07. The van der Waals surface area contributed by atoms with Crippen molar-refractivity contribution < 1.29 is 8.42 Å². The second-order valence-corrected chi connectivity index (χ2v) is 6.12. The summed E-state index contributed by atoms with van der Waals surface area (Å²) in [4.78, 5) is 3.88. The van der Waals surface area contributed by atoms with Crippen LogP contribution in [0.1, 0.15) is 0 Å². The molecule has 0 radical (unpaired) electrons. The lowest BCUT2D eigenvalue weighted by Crippen LogP contribution is -2.09. The van der Waals surface area contributed by atoms with Crippen LogP contribution >= 0.6 is 11.6 Å². The molecule has 0 saturated carbocycles. The van der Waals surface area contributed by atoms with Gasteiger partial charge in [0, 0.05) is 17.4 Å². The Hall–Kier alpha value is -1.79. The lowest BCUT2D eigenvalue weighted by atomic mass is 10.1. The minimum atomic E-state index is -3.28. The van der Waals surface area contributed by atoms with Gasteiger partial charge in [0.2, 0.25) is 10.0 Å². The van der Waals surface area contributed by atoms with Crippen LogP contribution in [-0.4, -0.2) is 19.7 Å². The van der Waals surface area contributed by atoms with E-state index in [-0.39, 0.29) is 5.15 Å². The maximum Gasteiger partial charge on any atom is 0.229 e. The summed E-state index contributed by atoms with van der Waals surface area (Å²) in [7, 11) is -3.28. The van der Waals surface area contributed by atoms with Gasteiger partial charge in [0.1, 0.15) is 0 Å². The summed E-state index contributed by atoms with van der Waals surface area (Å²) in [6, 6.07) is 8.58. The quantitative estimate of drug-likeness (QED) is 0.852. The van der Waals surface area contributed by atoms with Crippen LogP contribution in [0.25, 0.3) is 11.1 Å². The topological polar surface area (TPSA) is 85.1 Å². The van der Waals surface area contributed by atoms with Crippen LogP contribution in [0.3, 0.4) is 0 Å². The normalized spacial score (nSPS) is 11.3. The highest BCUT2D eigenvalue weighted by Gasteiger charge is 2.07.